The lowest BCUT2D eigenvalue weighted by Gasteiger charge is -2.20. The topological polar surface area (TPSA) is 38.9 Å². The first kappa shape index (κ1) is 9.84. The molecule has 2 rings (SSSR count). The molecule has 2 nitrogen and oxygen atoms in total. The smallest absolute Gasteiger partial charge is 0.119 e. The molecule has 14 heavy (non-hydrogen) atoms. The standard InChI is InChI=1S/C11H16N2S/c12-10-7-4-8-13-11(10)14-9-5-2-1-3-6-9/h4,7-9H,1-3,5-6,12H2. The molecule has 0 amide bonds. The number of pyridine rings is 1. The summed E-state index contributed by atoms with van der Waals surface area (Å²) in [7, 11) is 0. The Labute approximate surface area is 89.3 Å². The quantitative estimate of drug-likeness (QED) is 0.811. The number of hydrogen-bond donors (Lipinski definition) is 1. The molecule has 0 unspecified atom stereocenters. The summed E-state index contributed by atoms with van der Waals surface area (Å²) in [6.07, 6.45) is 8.59. The number of hydrogen-bond acceptors (Lipinski definition) is 3. The van der Waals surface area contributed by atoms with E-state index in [0.29, 0.717) is 0 Å². The second-order valence-corrected chi connectivity index (χ2v) is 5.06. The Bertz CT molecular complexity index is 295. The molecule has 3 heteroatoms. The summed E-state index contributed by atoms with van der Waals surface area (Å²) in [6.45, 7) is 0. The minimum absolute atomic E-state index is 0.737. The van der Waals surface area contributed by atoms with Crippen molar-refractivity contribution < 1.29 is 0 Å². The van der Waals surface area contributed by atoms with Crippen LogP contribution in [-0.4, -0.2) is 10.2 Å². The molecule has 0 atom stereocenters. The van der Waals surface area contributed by atoms with Gasteiger partial charge in [-0.25, -0.2) is 4.98 Å². The van der Waals surface area contributed by atoms with E-state index in [1.54, 1.807) is 0 Å². The van der Waals surface area contributed by atoms with Gasteiger partial charge in [-0.1, -0.05) is 19.3 Å². The zero-order valence-electron chi connectivity index (χ0n) is 8.28. The Hall–Kier alpha value is -0.700. The molecule has 0 aliphatic heterocycles. The molecular weight excluding hydrogens is 192 g/mol. The normalized spacial score (nSPS) is 18.3. The minimum atomic E-state index is 0.737. The van der Waals surface area contributed by atoms with Crippen molar-refractivity contribution in [1.82, 2.24) is 4.98 Å². The highest BCUT2D eigenvalue weighted by Gasteiger charge is 2.15. The first-order chi connectivity index (χ1) is 6.86. The van der Waals surface area contributed by atoms with E-state index in [2.05, 4.69) is 4.98 Å². The van der Waals surface area contributed by atoms with Crippen molar-refractivity contribution in [2.75, 3.05) is 5.73 Å². The zero-order chi connectivity index (χ0) is 9.80. The Balaban J connectivity index is 1.99. The van der Waals surface area contributed by atoms with Crippen molar-refractivity contribution in [3.05, 3.63) is 18.3 Å². The Kier molecular flexibility index (Phi) is 3.30. The van der Waals surface area contributed by atoms with Gasteiger partial charge in [-0.3, -0.25) is 0 Å². The van der Waals surface area contributed by atoms with Crippen LogP contribution in [0.2, 0.25) is 0 Å². The molecule has 0 radical (unpaired) electrons. The maximum atomic E-state index is 5.85. The van der Waals surface area contributed by atoms with Gasteiger partial charge in [-0.05, 0) is 25.0 Å². The predicted molar refractivity (Wildman–Crippen MR) is 61.4 cm³/mol. The van der Waals surface area contributed by atoms with E-state index in [9.17, 15) is 0 Å². The molecule has 0 aromatic carbocycles. The molecule has 0 saturated heterocycles. The largest absolute Gasteiger partial charge is 0.397 e. The molecule has 1 aliphatic carbocycles. The van der Waals surface area contributed by atoms with E-state index in [1.165, 1.54) is 32.1 Å². The van der Waals surface area contributed by atoms with Crippen LogP contribution in [0.5, 0.6) is 0 Å². The molecule has 1 saturated carbocycles. The van der Waals surface area contributed by atoms with Crippen molar-refractivity contribution >= 4 is 17.4 Å². The van der Waals surface area contributed by atoms with Gasteiger partial charge in [0.2, 0.25) is 0 Å². The van der Waals surface area contributed by atoms with Gasteiger partial charge in [-0.2, -0.15) is 0 Å². The number of nitrogens with zero attached hydrogens (tertiary/aromatic N) is 1. The first-order valence-corrected chi connectivity index (χ1v) is 6.11. The number of nitrogen functional groups attached to an aromatic ring is 1. The van der Waals surface area contributed by atoms with Crippen LogP contribution in [0, 0.1) is 0 Å². The summed E-state index contributed by atoms with van der Waals surface area (Å²) >= 11 is 1.86. The third kappa shape index (κ3) is 2.41. The number of thioether (sulfide) groups is 1. The van der Waals surface area contributed by atoms with Crippen LogP contribution in [0.1, 0.15) is 32.1 Å². The third-order valence-corrected chi connectivity index (χ3v) is 4.00. The lowest BCUT2D eigenvalue weighted by Crippen LogP contribution is -2.08. The Morgan fingerprint density at radius 2 is 2.07 bits per heavy atom. The number of anilines is 1. The Morgan fingerprint density at radius 3 is 2.79 bits per heavy atom. The van der Waals surface area contributed by atoms with Gasteiger partial charge in [0, 0.05) is 11.4 Å². The van der Waals surface area contributed by atoms with E-state index in [1.807, 2.05) is 30.1 Å². The maximum Gasteiger partial charge on any atom is 0.119 e. The summed E-state index contributed by atoms with van der Waals surface area (Å²) in [6, 6.07) is 3.82. The number of aromatic nitrogens is 1. The van der Waals surface area contributed by atoms with Crippen molar-refractivity contribution in [3.63, 3.8) is 0 Å². The van der Waals surface area contributed by atoms with Crippen LogP contribution >= 0.6 is 11.8 Å². The van der Waals surface area contributed by atoms with E-state index >= 15 is 0 Å². The van der Waals surface area contributed by atoms with Gasteiger partial charge in [0.05, 0.1) is 5.69 Å². The van der Waals surface area contributed by atoms with Crippen LogP contribution < -0.4 is 5.73 Å². The molecule has 1 aliphatic rings. The molecule has 1 aromatic heterocycles. The molecule has 0 bridgehead atoms. The average molecular weight is 208 g/mol. The fourth-order valence-electron chi connectivity index (χ4n) is 1.84. The lowest BCUT2D eigenvalue weighted by atomic mass is 10.0. The van der Waals surface area contributed by atoms with Crippen molar-refractivity contribution in [1.29, 1.82) is 0 Å². The van der Waals surface area contributed by atoms with Crippen molar-refractivity contribution in [3.8, 4) is 0 Å². The maximum absolute atomic E-state index is 5.85. The SMILES string of the molecule is Nc1cccnc1SC1CCCCC1. The highest BCUT2D eigenvalue weighted by molar-refractivity contribution is 8.00. The Morgan fingerprint density at radius 1 is 1.29 bits per heavy atom. The van der Waals surface area contributed by atoms with Crippen LogP contribution in [-0.2, 0) is 0 Å². The van der Waals surface area contributed by atoms with E-state index in [0.717, 1.165) is 16.0 Å². The van der Waals surface area contributed by atoms with Crippen molar-refractivity contribution in [2.45, 2.75) is 42.4 Å². The number of rotatable bonds is 2. The van der Waals surface area contributed by atoms with Crippen LogP contribution in [0.3, 0.4) is 0 Å². The van der Waals surface area contributed by atoms with Gasteiger partial charge in [0.1, 0.15) is 5.03 Å². The van der Waals surface area contributed by atoms with Gasteiger partial charge < -0.3 is 5.73 Å². The third-order valence-electron chi connectivity index (χ3n) is 2.63. The average Bonchev–Trinajstić information content (AvgIpc) is 2.23. The van der Waals surface area contributed by atoms with Crippen LogP contribution in [0.25, 0.3) is 0 Å². The minimum Gasteiger partial charge on any atom is -0.397 e. The summed E-state index contributed by atoms with van der Waals surface area (Å²) in [5.74, 6) is 0. The lowest BCUT2D eigenvalue weighted by molar-refractivity contribution is 0.516. The van der Waals surface area contributed by atoms with E-state index < -0.39 is 0 Å². The van der Waals surface area contributed by atoms with Crippen LogP contribution in [0.15, 0.2) is 23.4 Å². The van der Waals surface area contributed by atoms with Gasteiger partial charge in [-0.15, -0.1) is 11.8 Å². The fraction of sp³-hybridized carbons (Fsp3) is 0.545. The van der Waals surface area contributed by atoms with E-state index in [4.69, 9.17) is 5.73 Å². The molecular formula is C11H16N2S. The zero-order valence-corrected chi connectivity index (χ0v) is 9.09. The van der Waals surface area contributed by atoms with Gasteiger partial charge >= 0.3 is 0 Å². The van der Waals surface area contributed by atoms with E-state index in [-0.39, 0.29) is 0 Å². The molecule has 0 spiro atoms. The van der Waals surface area contributed by atoms with Gasteiger partial charge in [0.15, 0.2) is 0 Å². The first-order valence-electron chi connectivity index (χ1n) is 5.23. The second-order valence-electron chi connectivity index (χ2n) is 3.78. The van der Waals surface area contributed by atoms with Crippen molar-refractivity contribution in [2.24, 2.45) is 0 Å². The highest BCUT2D eigenvalue weighted by Crippen LogP contribution is 2.34. The summed E-state index contributed by atoms with van der Waals surface area (Å²) < 4.78 is 0. The molecule has 76 valence electrons. The molecule has 1 aromatic rings. The molecule has 1 heterocycles. The summed E-state index contributed by atoms with van der Waals surface area (Å²) in [4.78, 5) is 4.31. The molecule has 1 fully saturated rings. The second kappa shape index (κ2) is 4.69. The molecule has 2 N–H and O–H groups in total. The summed E-state index contributed by atoms with van der Waals surface area (Å²) in [5.41, 5.74) is 6.68. The van der Waals surface area contributed by atoms with Gasteiger partial charge in [0.25, 0.3) is 0 Å². The predicted octanol–water partition coefficient (Wildman–Crippen LogP) is 3.09. The fourth-order valence-corrected chi connectivity index (χ4v) is 3.05. The monoisotopic (exact) mass is 208 g/mol. The number of nitrogens with two attached hydrogens (primary N) is 1. The highest BCUT2D eigenvalue weighted by atomic mass is 32.2. The van der Waals surface area contributed by atoms with Crippen LogP contribution in [0.4, 0.5) is 5.69 Å². The summed E-state index contributed by atoms with van der Waals surface area (Å²) in [5, 5.41) is 1.75.